The van der Waals surface area contributed by atoms with Gasteiger partial charge in [0.25, 0.3) is 5.91 Å². The van der Waals surface area contributed by atoms with E-state index in [0.717, 1.165) is 15.4 Å². The SMILES string of the molecule is Cc1ccc(C(=O)NCc2cscn2)s1. The van der Waals surface area contributed by atoms with Crippen LogP contribution >= 0.6 is 22.7 Å². The topological polar surface area (TPSA) is 42.0 Å². The van der Waals surface area contributed by atoms with Crippen LogP contribution in [0.25, 0.3) is 0 Å². The van der Waals surface area contributed by atoms with Gasteiger partial charge in [-0.2, -0.15) is 0 Å². The molecule has 0 unspecified atom stereocenters. The Morgan fingerprint density at radius 2 is 2.40 bits per heavy atom. The molecule has 5 heteroatoms. The third kappa shape index (κ3) is 2.64. The van der Waals surface area contributed by atoms with Crippen LogP contribution in [0, 0.1) is 6.92 Å². The van der Waals surface area contributed by atoms with E-state index in [1.807, 2.05) is 24.4 Å². The van der Waals surface area contributed by atoms with E-state index in [-0.39, 0.29) is 5.91 Å². The summed E-state index contributed by atoms with van der Waals surface area (Å²) < 4.78 is 0. The summed E-state index contributed by atoms with van der Waals surface area (Å²) in [7, 11) is 0. The van der Waals surface area contributed by atoms with Crippen molar-refractivity contribution in [3.8, 4) is 0 Å². The van der Waals surface area contributed by atoms with Gasteiger partial charge in [0.05, 0.1) is 22.6 Å². The van der Waals surface area contributed by atoms with Crippen LogP contribution in [-0.4, -0.2) is 10.9 Å². The lowest BCUT2D eigenvalue weighted by atomic mass is 10.4. The number of nitrogens with one attached hydrogen (secondary N) is 1. The Bertz CT molecular complexity index is 448. The number of aryl methyl sites for hydroxylation is 1. The summed E-state index contributed by atoms with van der Waals surface area (Å²) in [6.45, 7) is 2.49. The van der Waals surface area contributed by atoms with E-state index < -0.39 is 0 Å². The Morgan fingerprint density at radius 1 is 1.53 bits per heavy atom. The molecule has 0 fully saturated rings. The number of hydrogen-bond donors (Lipinski definition) is 1. The molecular formula is C10H10N2OS2. The molecule has 15 heavy (non-hydrogen) atoms. The number of thiophene rings is 1. The van der Waals surface area contributed by atoms with Crippen molar-refractivity contribution in [1.29, 1.82) is 0 Å². The summed E-state index contributed by atoms with van der Waals surface area (Å²) in [6, 6.07) is 3.79. The second kappa shape index (κ2) is 4.55. The van der Waals surface area contributed by atoms with Gasteiger partial charge < -0.3 is 5.32 Å². The van der Waals surface area contributed by atoms with Crippen molar-refractivity contribution in [1.82, 2.24) is 10.3 Å². The fourth-order valence-electron chi connectivity index (χ4n) is 1.14. The maximum absolute atomic E-state index is 11.6. The standard InChI is InChI=1S/C10H10N2OS2/c1-7-2-3-9(15-7)10(13)11-4-8-5-14-6-12-8/h2-3,5-6H,4H2,1H3,(H,11,13). The minimum absolute atomic E-state index is 0.0268. The zero-order valence-corrected chi connectivity index (χ0v) is 9.82. The summed E-state index contributed by atoms with van der Waals surface area (Å²) in [5.41, 5.74) is 2.66. The fourth-order valence-corrected chi connectivity index (χ4v) is 2.48. The number of rotatable bonds is 3. The van der Waals surface area contributed by atoms with E-state index in [2.05, 4.69) is 10.3 Å². The molecule has 0 aromatic carbocycles. The van der Waals surface area contributed by atoms with Crippen molar-refractivity contribution >= 4 is 28.6 Å². The first-order valence-electron chi connectivity index (χ1n) is 4.47. The molecule has 0 spiro atoms. The number of amides is 1. The highest BCUT2D eigenvalue weighted by molar-refractivity contribution is 7.13. The lowest BCUT2D eigenvalue weighted by Crippen LogP contribution is -2.21. The second-order valence-corrected chi connectivity index (χ2v) is 5.08. The average Bonchev–Trinajstić information content (AvgIpc) is 2.84. The number of carbonyl (C=O) groups excluding carboxylic acids is 1. The summed E-state index contributed by atoms with van der Waals surface area (Å²) in [5, 5.41) is 4.76. The molecule has 0 aliphatic heterocycles. The van der Waals surface area contributed by atoms with Crippen molar-refractivity contribution in [2.45, 2.75) is 13.5 Å². The maximum atomic E-state index is 11.6. The van der Waals surface area contributed by atoms with Crippen LogP contribution in [0.4, 0.5) is 0 Å². The third-order valence-corrected chi connectivity index (χ3v) is 3.51. The maximum Gasteiger partial charge on any atom is 0.261 e. The Morgan fingerprint density at radius 3 is 3.00 bits per heavy atom. The highest BCUT2D eigenvalue weighted by atomic mass is 32.1. The summed E-state index contributed by atoms with van der Waals surface area (Å²) >= 11 is 3.03. The fraction of sp³-hybridized carbons (Fsp3) is 0.200. The van der Waals surface area contributed by atoms with Crippen molar-refractivity contribution in [2.75, 3.05) is 0 Å². The summed E-state index contributed by atoms with van der Waals surface area (Å²) in [5.74, 6) is -0.0268. The predicted molar refractivity (Wildman–Crippen MR) is 62.3 cm³/mol. The van der Waals surface area contributed by atoms with Gasteiger partial charge in [0.1, 0.15) is 0 Å². The first-order chi connectivity index (χ1) is 7.25. The highest BCUT2D eigenvalue weighted by Crippen LogP contribution is 2.14. The second-order valence-electron chi connectivity index (χ2n) is 3.07. The molecule has 2 aromatic rings. The molecule has 78 valence electrons. The molecule has 3 nitrogen and oxygen atoms in total. The molecule has 0 saturated heterocycles. The predicted octanol–water partition coefficient (Wildman–Crippen LogP) is 2.44. The zero-order chi connectivity index (χ0) is 10.7. The summed E-state index contributed by atoms with van der Waals surface area (Å²) in [4.78, 5) is 17.6. The van der Waals surface area contributed by atoms with Crippen molar-refractivity contribution in [3.63, 3.8) is 0 Å². The normalized spacial score (nSPS) is 10.2. The Hall–Kier alpha value is -1.20. The van der Waals surface area contributed by atoms with E-state index in [9.17, 15) is 4.79 Å². The van der Waals surface area contributed by atoms with Crippen LogP contribution in [0.1, 0.15) is 20.2 Å². The van der Waals surface area contributed by atoms with E-state index in [0.29, 0.717) is 6.54 Å². The van der Waals surface area contributed by atoms with Gasteiger partial charge in [-0.3, -0.25) is 4.79 Å². The lowest BCUT2D eigenvalue weighted by molar-refractivity contribution is 0.0954. The Balaban J connectivity index is 1.93. The van der Waals surface area contributed by atoms with Crippen LogP contribution < -0.4 is 5.32 Å². The molecule has 0 bridgehead atoms. The molecule has 0 radical (unpaired) electrons. The minimum atomic E-state index is -0.0268. The number of aromatic nitrogens is 1. The van der Waals surface area contributed by atoms with E-state index in [1.54, 1.807) is 5.51 Å². The molecule has 2 rings (SSSR count). The van der Waals surface area contributed by atoms with Crippen LogP contribution in [0.2, 0.25) is 0 Å². The van der Waals surface area contributed by atoms with Gasteiger partial charge in [-0.25, -0.2) is 4.98 Å². The molecule has 0 atom stereocenters. The quantitative estimate of drug-likeness (QED) is 0.892. The van der Waals surface area contributed by atoms with Gasteiger partial charge in [0, 0.05) is 10.3 Å². The van der Waals surface area contributed by atoms with Crippen molar-refractivity contribution in [2.24, 2.45) is 0 Å². The van der Waals surface area contributed by atoms with Crippen LogP contribution in [0.15, 0.2) is 23.0 Å². The smallest absolute Gasteiger partial charge is 0.261 e. The molecule has 2 aromatic heterocycles. The van der Waals surface area contributed by atoms with Gasteiger partial charge in [-0.15, -0.1) is 22.7 Å². The average molecular weight is 238 g/mol. The number of nitrogens with zero attached hydrogens (tertiary/aromatic N) is 1. The Kier molecular flexibility index (Phi) is 3.13. The number of carbonyl (C=O) groups is 1. The van der Waals surface area contributed by atoms with Gasteiger partial charge in [-0.1, -0.05) is 0 Å². The monoisotopic (exact) mass is 238 g/mol. The summed E-state index contributed by atoms with van der Waals surface area (Å²) in [6.07, 6.45) is 0. The molecule has 0 aliphatic rings. The largest absolute Gasteiger partial charge is 0.346 e. The van der Waals surface area contributed by atoms with E-state index in [1.165, 1.54) is 22.7 Å². The van der Waals surface area contributed by atoms with Crippen LogP contribution in [0.3, 0.4) is 0 Å². The molecule has 2 heterocycles. The molecule has 0 saturated carbocycles. The highest BCUT2D eigenvalue weighted by Gasteiger charge is 2.07. The van der Waals surface area contributed by atoms with Gasteiger partial charge >= 0.3 is 0 Å². The van der Waals surface area contributed by atoms with Gasteiger partial charge in [0.15, 0.2) is 0 Å². The van der Waals surface area contributed by atoms with Crippen molar-refractivity contribution in [3.05, 3.63) is 38.5 Å². The molecular weight excluding hydrogens is 228 g/mol. The number of thiazole rings is 1. The molecule has 0 aliphatic carbocycles. The third-order valence-electron chi connectivity index (χ3n) is 1.88. The van der Waals surface area contributed by atoms with Crippen molar-refractivity contribution < 1.29 is 4.79 Å². The van der Waals surface area contributed by atoms with Gasteiger partial charge in [-0.05, 0) is 19.1 Å². The van der Waals surface area contributed by atoms with Gasteiger partial charge in [0.2, 0.25) is 0 Å². The first kappa shape index (κ1) is 10.3. The number of hydrogen-bond acceptors (Lipinski definition) is 4. The minimum Gasteiger partial charge on any atom is -0.346 e. The van der Waals surface area contributed by atoms with Crippen LogP contribution in [0.5, 0.6) is 0 Å². The lowest BCUT2D eigenvalue weighted by Gasteiger charge is -1.99. The van der Waals surface area contributed by atoms with E-state index in [4.69, 9.17) is 0 Å². The van der Waals surface area contributed by atoms with Crippen LogP contribution in [-0.2, 0) is 6.54 Å². The first-order valence-corrected chi connectivity index (χ1v) is 6.23. The van der Waals surface area contributed by atoms with E-state index >= 15 is 0 Å². The Labute approximate surface area is 95.8 Å². The molecule has 1 amide bonds. The zero-order valence-electron chi connectivity index (χ0n) is 8.19. The molecule has 1 N–H and O–H groups in total.